The highest BCUT2D eigenvalue weighted by Gasteiger charge is 2.43. The Morgan fingerprint density at radius 3 is 2.10 bits per heavy atom. The van der Waals surface area contributed by atoms with E-state index in [4.69, 9.17) is 5.21 Å². The van der Waals surface area contributed by atoms with Crippen molar-refractivity contribution in [2.24, 2.45) is 5.16 Å². The number of aromatic hydroxyl groups is 2. The third-order valence-electron chi connectivity index (χ3n) is 4.47. The van der Waals surface area contributed by atoms with Crippen molar-refractivity contribution in [3.8, 4) is 11.5 Å². The largest absolute Gasteiger partial charge is 0.548 e. The maximum absolute atomic E-state index is 12.4. The van der Waals surface area contributed by atoms with Gasteiger partial charge in [0.05, 0.1) is 18.6 Å². The summed E-state index contributed by atoms with van der Waals surface area (Å²) in [6.45, 7) is -0.0988. The number of carboxylic acids is 1. The number of carbonyl (C=O) groups is 3. The van der Waals surface area contributed by atoms with Crippen molar-refractivity contribution in [3.05, 3.63) is 59.7 Å². The topological polar surface area (TPSA) is 163 Å². The molecular formula is C19H16N3O7-. The van der Waals surface area contributed by atoms with Crippen molar-refractivity contribution in [1.82, 2.24) is 10.2 Å². The Balaban J connectivity index is 1.69. The SMILES string of the molecule is O=C(N[C@H]1CN([C@@H](C(=O)[O-])c2ccc(O)cc2)C1=O)/C(=N/O)c1ccc(O)cc1. The quantitative estimate of drug-likeness (QED) is 0.212. The number of β-lactam (4-membered cyclic amide) rings is 1. The first-order chi connectivity index (χ1) is 13.8. The molecule has 2 atom stereocenters. The number of amides is 2. The molecule has 0 unspecified atom stereocenters. The normalized spacial score (nSPS) is 17.4. The Kier molecular flexibility index (Phi) is 5.35. The molecule has 29 heavy (non-hydrogen) atoms. The van der Waals surface area contributed by atoms with E-state index in [0.29, 0.717) is 0 Å². The Labute approximate surface area is 164 Å². The van der Waals surface area contributed by atoms with Gasteiger partial charge >= 0.3 is 0 Å². The van der Waals surface area contributed by atoms with Crippen molar-refractivity contribution in [2.75, 3.05) is 6.54 Å². The maximum atomic E-state index is 12.4. The zero-order valence-corrected chi connectivity index (χ0v) is 14.8. The second kappa shape index (κ2) is 7.89. The molecule has 1 aliphatic rings. The number of oxime groups is 1. The predicted octanol–water partition coefficient (Wildman–Crippen LogP) is -0.906. The summed E-state index contributed by atoms with van der Waals surface area (Å²) in [5, 5.41) is 44.6. The van der Waals surface area contributed by atoms with Crippen LogP contribution >= 0.6 is 0 Å². The van der Waals surface area contributed by atoms with Gasteiger partial charge in [-0.1, -0.05) is 17.3 Å². The van der Waals surface area contributed by atoms with Gasteiger partial charge < -0.3 is 35.5 Å². The summed E-state index contributed by atoms with van der Waals surface area (Å²) in [6.07, 6.45) is 0. The predicted molar refractivity (Wildman–Crippen MR) is 95.9 cm³/mol. The number of carboxylic acid groups (broad SMARTS) is 1. The molecule has 0 saturated carbocycles. The van der Waals surface area contributed by atoms with Crippen LogP contribution in [0.1, 0.15) is 17.2 Å². The highest BCUT2D eigenvalue weighted by molar-refractivity contribution is 6.45. The number of benzene rings is 2. The van der Waals surface area contributed by atoms with Gasteiger partial charge in [0.15, 0.2) is 5.71 Å². The molecule has 2 amide bonds. The number of nitrogens with zero attached hydrogens (tertiary/aromatic N) is 2. The number of hydrogen-bond acceptors (Lipinski definition) is 8. The minimum absolute atomic E-state index is 0.0428. The smallest absolute Gasteiger partial charge is 0.274 e. The lowest BCUT2D eigenvalue weighted by molar-refractivity contribution is -0.312. The lowest BCUT2D eigenvalue weighted by Crippen LogP contribution is -2.66. The van der Waals surface area contributed by atoms with Crippen LogP contribution in [0.15, 0.2) is 53.7 Å². The third kappa shape index (κ3) is 3.95. The molecule has 1 heterocycles. The zero-order chi connectivity index (χ0) is 21.1. The Bertz CT molecular complexity index is 970. The molecule has 150 valence electrons. The molecule has 4 N–H and O–H groups in total. The molecule has 0 radical (unpaired) electrons. The summed E-state index contributed by atoms with van der Waals surface area (Å²) in [5.74, 6) is -3.10. The van der Waals surface area contributed by atoms with Crippen LogP contribution < -0.4 is 10.4 Å². The van der Waals surface area contributed by atoms with E-state index in [9.17, 15) is 29.7 Å². The van der Waals surface area contributed by atoms with Crippen LogP contribution in [0.2, 0.25) is 0 Å². The van der Waals surface area contributed by atoms with Crippen LogP contribution in [-0.4, -0.2) is 56.4 Å². The fourth-order valence-corrected chi connectivity index (χ4v) is 2.97. The molecule has 10 heteroatoms. The standard InChI is InChI=1S/C19H17N3O7/c23-12-5-1-10(2-6-12)15(21-29)17(25)20-14-9-22(18(14)26)16(19(27)28)11-3-7-13(24)8-4-11/h1-8,14,16,23-24,29H,9H2,(H,20,25)(H,27,28)/p-1/b21-15+/t14-,16+/m0/s1. The molecule has 1 saturated heterocycles. The van der Waals surface area contributed by atoms with Crippen molar-refractivity contribution in [3.63, 3.8) is 0 Å². The van der Waals surface area contributed by atoms with E-state index in [1.54, 1.807) is 0 Å². The molecule has 0 aromatic heterocycles. The van der Waals surface area contributed by atoms with Crippen LogP contribution in [0.4, 0.5) is 0 Å². The average molecular weight is 398 g/mol. The number of nitrogens with one attached hydrogen (secondary N) is 1. The highest BCUT2D eigenvalue weighted by atomic mass is 16.4. The summed E-state index contributed by atoms with van der Waals surface area (Å²) < 4.78 is 0. The van der Waals surface area contributed by atoms with E-state index in [2.05, 4.69) is 10.5 Å². The Morgan fingerprint density at radius 1 is 1.07 bits per heavy atom. The minimum Gasteiger partial charge on any atom is -0.548 e. The third-order valence-corrected chi connectivity index (χ3v) is 4.47. The van der Waals surface area contributed by atoms with E-state index in [1.807, 2.05) is 0 Å². The van der Waals surface area contributed by atoms with Gasteiger partial charge in [-0.3, -0.25) is 9.59 Å². The van der Waals surface area contributed by atoms with Crippen molar-refractivity contribution in [2.45, 2.75) is 12.1 Å². The van der Waals surface area contributed by atoms with Gasteiger partial charge in [0.25, 0.3) is 5.91 Å². The highest BCUT2D eigenvalue weighted by Crippen LogP contribution is 2.28. The van der Waals surface area contributed by atoms with Gasteiger partial charge in [-0.25, -0.2) is 0 Å². The fraction of sp³-hybridized carbons (Fsp3) is 0.158. The summed E-state index contributed by atoms with van der Waals surface area (Å²) in [6, 6.07) is 8.22. The van der Waals surface area contributed by atoms with E-state index in [-0.39, 0.29) is 34.9 Å². The molecule has 2 aromatic carbocycles. The first-order valence-electron chi connectivity index (χ1n) is 8.44. The first-order valence-corrected chi connectivity index (χ1v) is 8.44. The Hall–Kier alpha value is -4.08. The zero-order valence-electron chi connectivity index (χ0n) is 14.8. The molecule has 2 aromatic rings. The molecular weight excluding hydrogens is 382 g/mol. The number of rotatable bonds is 6. The summed E-state index contributed by atoms with van der Waals surface area (Å²) in [5.41, 5.74) is 0.0806. The molecule has 1 fully saturated rings. The minimum atomic E-state index is -1.50. The summed E-state index contributed by atoms with van der Waals surface area (Å²) in [7, 11) is 0. The fourth-order valence-electron chi connectivity index (χ4n) is 2.97. The lowest BCUT2D eigenvalue weighted by atomic mass is 9.97. The molecule has 1 aliphatic heterocycles. The van der Waals surface area contributed by atoms with Gasteiger partial charge in [-0.05, 0) is 42.0 Å². The van der Waals surface area contributed by atoms with Gasteiger partial charge in [-0.15, -0.1) is 0 Å². The van der Waals surface area contributed by atoms with E-state index in [0.717, 1.165) is 4.90 Å². The Morgan fingerprint density at radius 2 is 1.62 bits per heavy atom. The van der Waals surface area contributed by atoms with Gasteiger partial charge in [0.1, 0.15) is 17.5 Å². The van der Waals surface area contributed by atoms with Gasteiger partial charge in [-0.2, -0.15) is 0 Å². The number of phenolic OH excluding ortho intramolecular Hbond substituents is 2. The van der Waals surface area contributed by atoms with Crippen molar-refractivity contribution >= 4 is 23.5 Å². The van der Waals surface area contributed by atoms with Crippen LogP contribution in [0.5, 0.6) is 11.5 Å². The lowest BCUT2D eigenvalue weighted by Gasteiger charge is -2.44. The molecule has 10 nitrogen and oxygen atoms in total. The van der Waals surface area contributed by atoms with Crippen molar-refractivity contribution < 1.29 is 34.9 Å². The number of carbonyl (C=O) groups excluding carboxylic acids is 3. The molecule has 0 aliphatic carbocycles. The van der Waals surface area contributed by atoms with Gasteiger partial charge in [0.2, 0.25) is 5.91 Å². The second-order valence-electron chi connectivity index (χ2n) is 6.33. The van der Waals surface area contributed by atoms with Crippen LogP contribution in [-0.2, 0) is 14.4 Å². The first kappa shape index (κ1) is 19.7. The average Bonchev–Trinajstić information content (AvgIpc) is 2.69. The van der Waals surface area contributed by atoms with E-state index >= 15 is 0 Å². The molecule has 0 spiro atoms. The van der Waals surface area contributed by atoms with E-state index in [1.165, 1.54) is 48.5 Å². The summed E-state index contributed by atoms with van der Waals surface area (Å²) in [4.78, 5) is 37.3. The number of likely N-dealkylation sites (tertiary alicyclic amines) is 1. The summed E-state index contributed by atoms with van der Waals surface area (Å²) >= 11 is 0. The number of aliphatic carboxylic acids is 1. The van der Waals surface area contributed by atoms with Crippen molar-refractivity contribution in [1.29, 1.82) is 0 Å². The van der Waals surface area contributed by atoms with Crippen LogP contribution in [0.3, 0.4) is 0 Å². The van der Waals surface area contributed by atoms with Crippen LogP contribution in [0, 0.1) is 0 Å². The second-order valence-corrected chi connectivity index (χ2v) is 6.33. The monoisotopic (exact) mass is 398 g/mol. The molecule has 0 bridgehead atoms. The van der Waals surface area contributed by atoms with E-state index < -0.39 is 29.9 Å². The number of phenols is 2. The van der Waals surface area contributed by atoms with Crippen LogP contribution in [0.25, 0.3) is 0 Å². The number of hydrogen-bond donors (Lipinski definition) is 4. The van der Waals surface area contributed by atoms with Gasteiger partial charge in [0, 0.05) is 5.56 Å². The molecule has 3 rings (SSSR count). The maximum Gasteiger partial charge on any atom is 0.274 e.